The second-order valence-electron chi connectivity index (χ2n) is 18.6. The molecule has 3 atom stereocenters. The van der Waals surface area contributed by atoms with Gasteiger partial charge in [-0.1, -0.05) is 113 Å². The van der Waals surface area contributed by atoms with Crippen molar-refractivity contribution < 1.29 is 49.4 Å². The van der Waals surface area contributed by atoms with Gasteiger partial charge in [-0.3, -0.25) is 0 Å². The first kappa shape index (κ1) is 68.4. The Hall–Kier alpha value is -8.08. The van der Waals surface area contributed by atoms with E-state index >= 15 is 0 Å². The number of carbonyl (C=O) groups is 3. The smallest absolute Gasteiger partial charge is 0.337 e. The van der Waals surface area contributed by atoms with Crippen molar-refractivity contribution in [2.24, 2.45) is 0 Å². The number of aromatic carboxylic acids is 1. The summed E-state index contributed by atoms with van der Waals surface area (Å²) in [5.41, 5.74) is 10.1. The van der Waals surface area contributed by atoms with Crippen LogP contribution < -0.4 is 15.1 Å². The maximum Gasteiger partial charge on any atom is 0.337 e. The molecule has 3 saturated heterocycles. The van der Waals surface area contributed by atoms with Crippen molar-refractivity contribution >= 4 is 91.0 Å². The van der Waals surface area contributed by atoms with Crippen molar-refractivity contribution in [1.29, 1.82) is 0 Å². The first-order valence-corrected chi connectivity index (χ1v) is 26.5. The lowest BCUT2D eigenvalue weighted by Crippen LogP contribution is -2.23. The van der Waals surface area contributed by atoms with E-state index in [0.717, 1.165) is 78.3 Å². The minimum Gasteiger partial charge on any atom is -0.478 e. The Morgan fingerprint density at radius 1 is 0.500 bits per heavy atom. The zero-order chi connectivity index (χ0) is 56.7. The third-order valence-electron chi connectivity index (χ3n) is 13.1. The molecule has 84 heavy (non-hydrogen) atoms. The van der Waals surface area contributed by atoms with E-state index in [1.165, 1.54) is 26.4 Å². The third-order valence-corrected chi connectivity index (χ3v) is 13.7. The second-order valence-corrected chi connectivity index (χ2v) is 19.3. The molecule has 6 aromatic carbocycles. The lowest BCUT2D eigenvalue weighted by atomic mass is 10.1. The van der Waals surface area contributed by atoms with Crippen LogP contribution >= 0.6 is 28.3 Å². The third kappa shape index (κ3) is 17.0. The van der Waals surface area contributed by atoms with Crippen LogP contribution in [0.3, 0.4) is 0 Å². The van der Waals surface area contributed by atoms with E-state index < -0.39 is 11.9 Å². The summed E-state index contributed by atoms with van der Waals surface area (Å²) in [5, 5.41) is 47.7. The SMILES string of the molecule is C.C.C.CO.COC(=O)c1ccc2nc(-c3ccccc3)c(Br)nc2c1.COC(=O)c1ccc2nc(-c3ccccc3)c(N3CC[C@H](O)C3)nc2c1.Cl.O=C(O)c1ccc2nc(-c3ccccc3)c(N3CC[C@H](O)C3)nc2c1.O[C@H]1CCNC1. The quantitative estimate of drug-likeness (QED) is 0.0772. The Morgan fingerprint density at radius 2 is 0.869 bits per heavy atom. The van der Waals surface area contributed by atoms with Crippen LogP contribution in [-0.4, -0.2) is 152 Å². The van der Waals surface area contributed by atoms with Gasteiger partial charge in [-0.25, -0.2) is 44.3 Å². The minimum absolute atomic E-state index is 0. The van der Waals surface area contributed by atoms with Gasteiger partial charge in [0.25, 0.3) is 0 Å². The summed E-state index contributed by atoms with van der Waals surface area (Å²) in [5.74, 6) is -0.380. The van der Waals surface area contributed by atoms with Crippen LogP contribution in [-0.2, 0) is 9.47 Å². The van der Waals surface area contributed by atoms with Gasteiger partial charge >= 0.3 is 17.9 Å². The lowest BCUT2D eigenvalue weighted by molar-refractivity contribution is 0.0592. The molecule has 3 aliphatic heterocycles. The number of fused-ring (bicyclic) bond motifs is 3. The molecule has 0 saturated carbocycles. The molecule has 0 aliphatic carbocycles. The van der Waals surface area contributed by atoms with Gasteiger partial charge in [-0.2, -0.15) is 0 Å². The molecular weight excluding hydrogens is 1160 g/mol. The molecule has 21 heteroatoms. The highest BCUT2D eigenvalue weighted by atomic mass is 79.9. The van der Waals surface area contributed by atoms with Crippen LogP contribution in [0.2, 0.25) is 0 Å². The van der Waals surface area contributed by atoms with Gasteiger partial charge in [0.05, 0.1) is 82.3 Å². The van der Waals surface area contributed by atoms with E-state index in [0.29, 0.717) is 81.6 Å². The van der Waals surface area contributed by atoms with Gasteiger partial charge in [-0.05, 0) is 96.3 Å². The number of rotatable bonds is 8. The number of anilines is 2. The van der Waals surface area contributed by atoms with E-state index in [1.54, 1.807) is 42.5 Å². The van der Waals surface area contributed by atoms with Gasteiger partial charge < -0.3 is 50.1 Å². The van der Waals surface area contributed by atoms with Crippen LogP contribution in [0.1, 0.15) is 72.6 Å². The molecule has 0 unspecified atom stereocenters. The van der Waals surface area contributed by atoms with Gasteiger partial charge in [0.15, 0.2) is 11.6 Å². The summed E-state index contributed by atoms with van der Waals surface area (Å²) in [6.45, 7) is 4.22. The number of benzene rings is 6. The number of carboxylic acid groups (broad SMARTS) is 1. The fourth-order valence-corrected chi connectivity index (χ4v) is 9.56. The highest BCUT2D eigenvalue weighted by Gasteiger charge is 2.27. The molecule has 3 fully saturated rings. The van der Waals surface area contributed by atoms with Crippen LogP contribution in [0, 0.1) is 0 Å². The Bertz CT molecular complexity index is 3590. The standard InChI is InChI=1S/C20H19N3O3.C19H17N3O3.C16H11BrN2O2.C4H9NO.CH4O.3CH4.ClH/c1-26-20(25)14-7-8-16-17(11-14)22-19(23-10-9-15(24)12-23)18(21-16)13-5-3-2-4-6-13;23-14-8-9-22(11-14)18-17(12-4-2-1-3-5-12)20-15-7-6-13(19(24)25)10-16(15)21-18;1-21-16(20)11-7-8-12-13(9-11)19-15(17)14(18-12)10-5-3-2-4-6-10;6-4-1-2-5-3-4;1-2;;;;/h2-8,11,15,24H,9-10,12H2,1H3;1-7,10,14,23H,8-9,11H2,(H,24,25);2-9H,1H3;4-6H,1-3H2;2H,1H3;3*1H4;1H/t15-;14-;;4-;;;;;/m00.0...../s1. The maximum atomic E-state index is 11.8. The van der Waals surface area contributed by atoms with E-state index in [2.05, 4.69) is 31.2 Å². The van der Waals surface area contributed by atoms with Gasteiger partial charge in [0, 0.05) is 56.5 Å². The highest BCUT2D eigenvalue weighted by Crippen LogP contribution is 2.34. The number of aliphatic hydroxyl groups excluding tert-OH is 4. The topological polar surface area (TPSA) is 267 Å². The summed E-state index contributed by atoms with van der Waals surface area (Å²) >= 11 is 3.44. The summed E-state index contributed by atoms with van der Waals surface area (Å²) in [4.78, 5) is 66.8. The summed E-state index contributed by atoms with van der Waals surface area (Å²) in [6, 6.07) is 44.5. The molecule has 444 valence electrons. The van der Waals surface area contributed by atoms with E-state index in [4.69, 9.17) is 39.6 Å². The zero-order valence-electron chi connectivity index (χ0n) is 44.6. The van der Waals surface area contributed by atoms with Crippen molar-refractivity contribution in [3.63, 3.8) is 0 Å². The molecule has 0 spiro atoms. The number of aliphatic hydroxyl groups is 4. The lowest BCUT2D eigenvalue weighted by Gasteiger charge is -2.20. The largest absolute Gasteiger partial charge is 0.478 e. The number of aromatic nitrogens is 6. The molecule has 12 rings (SSSR count). The monoisotopic (exact) mass is 1230 g/mol. The number of ether oxygens (including phenoxy) is 2. The fourth-order valence-electron chi connectivity index (χ4n) is 9.05. The van der Waals surface area contributed by atoms with E-state index in [1.807, 2.05) is 101 Å². The molecule has 0 bridgehead atoms. The number of nitrogens with zero attached hydrogens (tertiary/aromatic N) is 8. The number of halogens is 2. The summed E-state index contributed by atoms with van der Waals surface area (Å²) < 4.78 is 10.1. The summed E-state index contributed by atoms with van der Waals surface area (Å²) in [7, 11) is 3.71. The zero-order valence-corrected chi connectivity index (χ0v) is 47.0. The van der Waals surface area contributed by atoms with Gasteiger partial charge in [0.1, 0.15) is 21.7 Å². The molecule has 0 amide bonds. The second kappa shape index (κ2) is 32.7. The summed E-state index contributed by atoms with van der Waals surface area (Å²) in [6.07, 6.45) is 1.51. The molecular formula is C63H73BrClN9O10. The van der Waals surface area contributed by atoms with E-state index in [-0.39, 0.29) is 64.5 Å². The van der Waals surface area contributed by atoms with Crippen LogP contribution in [0.5, 0.6) is 0 Å². The average molecular weight is 1230 g/mol. The molecule has 6 heterocycles. The van der Waals surface area contributed by atoms with Crippen molar-refractivity contribution in [2.75, 3.05) is 70.4 Å². The number of nitrogens with one attached hydrogen (secondary N) is 1. The van der Waals surface area contributed by atoms with Crippen molar-refractivity contribution in [1.82, 2.24) is 35.2 Å². The Kier molecular flexibility index (Phi) is 26.6. The predicted octanol–water partition coefficient (Wildman–Crippen LogP) is 10.3. The van der Waals surface area contributed by atoms with Crippen molar-refractivity contribution in [2.45, 2.75) is 59.9 Å². The number of hydrogen-bond acceptors (Lipinski definition) is 18. The first-order valence-electron chi connectivity index (χ1n) is 25.7. The molecule has 6 N–H and O–H groups in total. The van der Waals surface area contributed by atoms with Gasteiger partial charge in [-0.15, -0.1) is 12.4 Å². The molecule has 9 aromatic rings. The predicted molar refractivity (Wildman–Crippen MR) is 337 cm³/mol. The average Bonchev–Trinajstić information content (AvgIpc) is 2.71. The number of carbonyl (C=O) groups excluding carboxylic acids is 2. The number of carboxylic acids is 1. The molecule has 3 aromatic heterocycles. The Morgan fingerprint density at radius 3 is 1.20 bits per heavy atom. The Labute approximate surface area is 504 Å². The normalized spacial score (nSPS) is 15.5. The van der Waals surface area contributed by atoms with Gasteiger partial charge in [0.2, 0.25) is 0 Å². The number of methoxy groups -OCH3 is 2. The van der Waals surface area contributed by atoms with Crippen LogP contribution in [0.15, 0.2) is 150 Å². The fraction of sp³-hybridized carbons (Fsp3) is 0.286. The molecule has 19 nitrogen and oxygen atoms in total. The minimum atomic E-state index is -0.992. The molecule has 3 aliphatic rings. The first-order chi connectivity index (χ1) is 38.8. The Balaban J connectivity index is 0.000000249. The number of hydrogen-bond donors (Lipinski definition) is 6. The number of β-amino-alcohol motifs (C(OH)–C–C–N with tert-alkyl or cyclic N) is 3. The molecule has 0 radical (unpaired) electrons. The van der Waals surface area contributed by atoms with Crippen LogP contribution in [0.4, 0.5) is 11.6 Å². The van der Waals surface area contributed by atoms with Crippen molar-refractivity contribution in [3.8, 4) is 33.8 Å². The number of esters is 2. The van der Waals surface area contributed by atoms with E-state index in [9.17, 15) is 29.7 Å². The van der Waals surface area contributed by atoms with Crippen LogP contribution in [0.25, 0.3) is 66.9 Å². The highest BCUT2D eigenvalue weighted by molar-refractivity contribution is 9.10. The van der Waals surface area contributed by atoms with Crippen molar-refractivity contribution in [3.05, 3.63) is 167 Å². The maximum absolute atomic E-state index is 11.8.